The molecule has 0 aromatic rings. The number of rotatable bonds is 7. The Bertz CT molecular complexity index is 155. The Balaban J connectivity index is 2.23. The van der Waals surface area contributed by atoms with Crippen molar-refractivity contribution < 1.29 is 0 Å². The Labute approximate surface area is 110 Å². The summed E-state index contributed by atoms with van der Waals surface area (Å²) in [6.07, 6.45) is 10.4. The van der Waals surface area contributed by atoms with Crippen LogP contribution in [-0.2, 0) is 0 Å². The summed E-state index contributed by atoms with van der Waals surface area (Å²) in [5.41, 5.74) is 0. The molecular formula is C15H31I. The zero-order chi connectivity index (χ0) is 11.8. The Kier molecular flexibility index (Phi) is 8.10. The van der Waals surface area contributed by atoms with E-state index in [9.17, 15) is 0 Å². The SMILES string of the molecule is CCCCCCI1CC(CC)CC(CC)C1. The molecule has 0 aliphatic carbocycles. The third kappa shape index (κ3) is 5.37. The van der Waals surface area contributed by atoms with Crippen LogP contribution in [0.5, 0.6) is 0 Å². The molecule has 0 aromatic carbocycles. The molecule has 1 aliphatic heterocycles. The molecule has 1 heteroatoms. The molecule has 0 radical (unpaired) electrons. The van der Waals surface area contributed by atoms with Crippen LogP contribution in [0, 0.1) is 11.8 Å². The Morgan fingerprint density at radius 3 is 2.00 bits per heavy atom. The van der Waals surface area contributed by atoms with Crippen molar-refractivity contribution in [2.45, 2.75) is 65.7 Å². The maximum absolute atomic E-state index is 2.41. The van der Waals surface area contributed by atoms with Gasteiger partial charge in [-0.1, -0.05) is 0 Å². The van der Waals surface area contributed by atoms with Gasteiger partial charge in [0.1, 0.15) is 0 Å². The minimum atomic E-state index is -0.498. The van der Waals surface area contributed by atoms with Crippen LogP contribution in [-0.4, -0.2) is 13.3 Å². The van der Waals surface area contributed by atoms with Gasteiger partial charge < -0.3 is 0 Å². The van der Waals surface area contributed by atoms with Crippen molar-refractivity contribution in [1.29, 1.82) is 0 Å². The second kappa shape index (κ2) is 8.77. The molecular weight excluding hydrogens is 307 g/mol. The summed E-state index contributed by atoms with van der Waals surface area (Å²) in [6.45, 7) is 7.14. The molecule has 0 nitrogen and oxygen atoms in total. The summed E-state index contributed by atoms with van der Waals surface area (Å²) in [5.74, 6) is 2.24. The molecule has 2 atom stereocenters. The van der Waals surface area contributed by atoms with Crippen LogP contribution in [0.2, 0.25) is 0 Å². The summed E-state index contributed by atoms with van der Waals surface area (Å²) >= 11 is -0.498. The molecule has 1 saturated heterocycles. The molecule has 16 heavy (non-hydrogen) atoms. The van der Waals surface area contributed by atoms with Crippen molar-refractivity contribution in [3.63, 3.8) is 0 Å². The molecule has 1 rings (SSSR count). The standard InChI is InChI=1S/C15H31I/c1-4-7-8-9-10-16-12-14(5-2)11-15(6-3)13-16/h14-15H,4-13H2,1-3H3. The quantitative estimate of drug-likeness (QED) is 0.325. The zero-order valence-electron chi connectivity index (χ0n) is 11.6. The van der Waals surface area contributed by atoms with Crippen molar-refractivity contribution >= 4 is 19.8 Å². The fourth-order valence-corrected chi connectivity index (χ4v) is 11.0. The van der Waals surface area contributed by atoms with E-state index in [0.717, 1.165) is 11.8 Å². The molecule has 0 N–H and O–H groups in total. The molecule has 0 amide bonds. The molecule has 1 fully saturated rings. The molecule has 98 valence electrons. The molecule has 0 saturated carbocycles. The zero-order valence-corrected chi connectivity index (χ0v) is 13.8. The van der Waals surface area contributed by atoms with E-state index in [0.29, 0.717) is 0 Å². The van der Waals surface area contributed by atoms with E-state index in [1.165, 1.54) is 32.1 Å². The van der Waals surface area contributed by atoms with Crippen LogP contribution in [0.4, 0.5) is 0 Å². The number of halogens is 1. The van der Waals surface area contributed by atoms with E-state index >= 15 is 0 Å². The van der Waals surface area contributed by atoms with Gasteiger partial charge in [0.15, 0.2) is 0 Å². The van der Waals surface area contributed by atoms with Gasteiger partial charge in [0, 0.05) is 0 Å². The van der Waals surface area contributed by atoms with Crippen molar-refractivity contribution in [3.8, 4) is 0 Å². The van der Waals surface area contributed by atoms with Crippen molar-refractivity contribution in [1.82, 2.24) is 0 Å². The molecule has 0 aromatic heterocycles. The first-order valence-electron chi connectivity index (χ1n) is 7.37. The van der Waals surface area contributed by atoms with Gasteiger partial charge in [0.05, 0.1) is 0 Å². The predicted octanol–water partition coefficient (Wildman–Crippen LogP) is 5.53. The number of hydrogen-bond donors (Lipinski definition) is 0. The summed E-state index contributed by atoms with van der Waals surface area (Å²) in [5, 5.41) is 0. The van der Waals surface area contributed by atoms with E-state index in [-0.39, 0.29) is 0 Å². The molecule has 0 spiro atoms. The van der Waals surface area contributed by atoms with E-state index in [2.05, 4.69) is 20.8 Å². The van der Waals surface area contributed by atoms with Gasteiger partial charge in [-0.05, 0) is 0 Å². The van der Waals surface area contributed by atoms with E-state index in [1.807, 2.05) is 0 Å². The fourth-order valence-electron chi connectivity index (χ4n) is 2.69. The first kappa shape index (κ1) is 14.8. The molecule has 1 aliphatic rings. The third-order valence-electron chi connectivity index (χ3n) is 3.95. The Morgan fingerprint density at radius 2 is 1.50 bits per heavy atom. The van der Waals surface area contributed by atoms with Gasteiger partial charge in [0.2, 0.25) is 0 Å². The second-order valence-electron chi connectivity index (χ2n) is 5.41. The van der Waals surface area contributed by atoms with Gasteiger partial charge in [0.25, 0.3) is 0 Å². The fraction of sp³-hybridized carbons (Fsp3) is 1.00. The monoisotopic (exact) mass is 338 g/mol. The van der Waals surface area contributed by atoms with Crippen LogP contribution in [0.25, 0.3) is 0 Å². The third-order valence-corrected chi connectivity index (χ3v) is 11.2. The number of unbranched alkanes of at least 4 members (excludes halogenated alkanes) is 3. The van der Waals surface area contributed by atoms with Gasteiger partial charge in [-0.3, -0.25) is 0 Å². The topological polar surface area (TPSA) is 0 Å². The van der Waals surface area contributed by atoms with Crippen molar-refractivity contribution in [2.24, 2.45) is 11.8 Å². The van der Waals surface area contributed by atoms with Gasteiger partial charge in [-0.25, -0.2) is 0 Å². The van der Waals surface area contributed by atoms with E-state index < -0.39 is 19.8 Å². The average Bonchev–Trinajstić information content (AvgIpc) is 2.34. The van der Waals surface area contributed by atoms with Gasteiger partial charge in [-0.15, -0.1) is 0 Å². The first-order chi connectivity index (χ1) is 7.80. The summed E-state index contributed by atoms with van der Waals surface area (Å²) in [7, 11) is 0. The summed E-state index contributed by atoms with van der Waals surface area (Å²) < 4.78 is 5.07. The second-order valence-corrected chi connectivity index (χ2v) is 11.5. The van der Waals surface area contributed by atoms with Crippen LogP contribution in [0.15, 0.2) is 0 Å². The molecule has 2 unspecified atom stereocenters. The maximum atomic E-state index is 2.41. The normalized spacial score (nSPS) is 28.3. The van der Waals surface area contributed by atoms with Gasteiger partial charge in [-0.2, -0.15) is 0 Å². The van der Waals surface area contributed by atoms with E-state index in [4.69, 9.17) is 0 Å². The van der Waals surface area contributed by atoms with Crippen LogP contribution in [0.3, 0.4) is 0 Å². The van der Waals surface area contributed by atoms with Gasteiger partial charge >= 0.3 is 111 Å². The minimum absolute atomic E-state index is 0.498. The predicted molar refractivity (Wildman–Crippen MR) is 84.9 cm³/mol. The summed E-state index contributed by atoms with van der Waals surface area (Å²) in [4.78, 5) is 0. The average molecular weight is 338 g/mol. The number of hydrogen-bond acceptors (Lipinski definition) is 0. The van der Waals surface area contributed by atoms with Crippen LogP contribution < -0.4 is 0 Å². The van der Waals surface area contributed by atoms with Crippen LogP contribution >= 0.6 is 19.8 Å². The summed E-state index contributed by atoms with van der Waals surface area (Å²) in [6, 6.07) is 0. The number of alkyl halides is 3. The van der Waals surface area contributed by atoms with Crippen molar-refractivity contribution in [2.75, 3.05) is 13.3 Å². The first-order valence-corrected chi connectivity index (χ1v) is 11.9. The van der Waals surface area contributed by atoms with E-state index in [1.54, 1.807) is 26.1 Å². The Morgan fingerprint density at radius 1 is 0.875 bits per heavy atom. The molecule has 1 heterocycles. The van der Waals surface area contributed by atoms with Crippen molar-refractivity contribution in [3.05, 3.63) is 0 Å². The Hall–Kier alpha value is 0.730. The van der Waals surface area contributed by atoms with Crippen LogP contribution in [0.1, 0.15) is 65.7 Å². The molecule has 0 bridgehead atoms.